The monoisotopic (exact) mass is 396 g/mol. The average molecular weight is 396 g/mol. The van der Waals surface area contributed by atoms with Crippen molar-refractivity contribution >= 4 is 16.6 Å². The van der Waals surface area contributed by atoms with Gasteiger partial charge in [-0.05, 0) is 24.4 Å². The predicted molar refractivity (Wildman–Crippen MR) is 110 cm³/mol. The molecule has 7 heteroatoms. The van der Waals surface area contributed by atoms with E-state index in [1.807, 2.05) is 47.8 Å². The molecule has 6 nitrogen and oxygen atoms in total. The topological polar surface area (TPSA) is 60.2 Å². The van der Waals surface area contributed by atoms with Gasteiger partial charge < -0.3 is 9.30 Å². The van der Waals surface area contributed by atoms with Crippen LogP contribution in [0, 0.1) is 6.92 Å². The molecule has 1 fully saturated rings. The number of hydrogen-bond acceptors (Lipinski definition) is 5. The van der Waals surface area contributed by atoms with E-state index >= 15 is 0 Å². The van der Waals surface area contributed by atoms with Gasteiger partial charge >= 0.3 is 0 Å². The molecule has 0 amide bonds. The third-order valence-corrected chi connectivity index (χ3v) is 5.70. The second-order valence-corrected chi connectivity index (χ2v) is 7.76. The molecule has 0 N–H and O–H groups in total. The highest BCUT2D eigenvalue weighted by atomic mass is 19.1. The highest BCUT2D eigenvalue weighted by molar-refractivity contribution is 5.92. The summed E-state index contributed by atoms with van der Waals surface area (Å²) in [7, 11) is 3.59. The lowest BCUT2D eigenvalue weighted by molar-refractivity contribution is -0.142. The number of ketones is 1. The summed E-state index contributed by atoms with van der Waals surface area (Å²) in [5, 5.41) is 1.95. The standard InChI is InChI=1S/C22H25FN4O2/c1-15-24-12-20(26(15)2)16-4-5-17-11-25-19(9-18(17)8-16)10-21(28)22(23)13-27(14-22)6-7-29-3/h4-5,8-9,11-12H,6-7,10,13-14H2,1-3H3. The molecule has 29 heavy (non-hydrogen) atoms. The first kappa shape index (κ1) is 19.7. The molecule has 3 aromatic rings. The van der Waals surface area contributed by atoms with E-state index < -0.39 is 11.5 Å². The zero-order chi connectivity index (χ0) is 20.6. The minimum absolute atomic E-state index is 0.000393. The van der Waals surface area contributed by atoms with E-state index in [4.69, 9.17) is 4.74 Å². The molecule has 152 valence electrons. The van der Waals surface area contributed by atoms with Crippen molar-refractivity contribution in [2.45, 2.75) is 19.0 Å². The van der Waals surface area contributed by atoms with Gasteiger partial charge in [-0.25, -0.2) is 9.37 Å². The van der Waals surface area contributed by atoms with Crippen molar-refractivity contribution in [1.82, 2.24) is 19.4 Å². The summed E-state index contributed by atoms with van der Waals surface area (Å²) in [5.74, 6) is 0.533. The van der Waals surface area contributed by atoms with Crippen LogP contribution in [0.2, 0.25) is 0 Å². The number of alkyl halides is 1. The number of aromatic nitrogens is 3. The van der Waals surface area contributed by atoms with Gasteiger partial charge in [0.25, 0.3) is 0 Å². The van der Waals surface area contributed by atoms with Gasteiger partial charge in [-0.3, -0.25) is 14.7 Å². The van der Waals surface area contributed by atoms with Crippen LogP contribution >= 0.6 is 0 Å². The molecule has 2 aromatic heterocycles. The molecule has 0 radical (unpaired) electrons. The number of rotatable bonds is 7. The summed E-state index contributed by atoms with van der Waals surface area (Å²) in [4.78, 5) is 23.1. The van der Waals surface area contributed by atoms with E-state index in [0.29, 0.717) is 18.8 Å². The molecule has 3 heterocycles. The van der Waals surface area contributed by atoms with Crippen LogP contribution in [0.15, 0.2) is 36.7 Å². The second-order valence-electron chi connectivity index (χ2n) is 7.76. The lowest BCUT2D eigenvalue weighted by Crippen LogP contribution is -2.64. The Balaban J connectivity index is 1.51. The molecule has 0 saturated carbocycles. The molecule has 1 saturated heterocycles. The van der Waals surface area contributed by atoms with E-state index in [9.17, 15) is 9.18 Å². The van der Waals surface area contributed by atoms with Crippen LogP contribution in [0.4, 0.5) is 4.39 Å². The molecule has 1 aliphatic heterocycles. The zero-order valence-corrected chi connectivity index (χ0v) is 17.0. The summed E-state index contributed by atoms with van der Waals surface area (Å²) in [6.45, 7) is 3.40. The van der Waals surface area contributed by atoms with Crippen molar-refractivity contribution in [3.8, 4) is 11.3 Å². The van der Waals surface area contributed by atoms with Crippen molar-refractivity contribution in [3.05, 3.63) is 48.2 Å². The first-order chi connectivity index (χ1) is 13.9. The van der Waals surface area contributed by atoms with Crippen molar-refractivity contribution in [2.75, 3.05) is 33.4 Å². The SMILES string of the molecule is COCCN1CC(F)(C(=O)Cc2cc3cc(-c4cnc(C)n4C)ccc3cn2)C1. The molecule has 1 aliphatic rings. The predicted octanol–water partition coefficient (Wildman–Crippen LogP) is 2.73. The van der Waals surface area contributed by atoms with Gasteiger partial charge in [0.2, 0.25) is 0 Å². The Kier molecular flexibility index (Phi) is 5.19. The highest BCUT2D eigenvalue weighted by Crippen LogP contribution is 2.29. The summed E-state index contributed by atoms with van der Waals surface area (Å²) in [6.07, 6.45) is 3.59. The fourth-order valence-corrected chi connectivity index (χ4v) is 3.75. The van der Waals surface area contributed by atoms with E-state index in [1.54, 1.807) is 13.3 Å². The number of fused-ring (bicyclic) bond motifs is 1. The van der Waals surface area contributed by atoms with Crippen LogP contribution in [0.1, 0.15) is 11.5 Å². The number of nitrogens with zero attached hydrogens (tertiary/aromatic N) is 4. The Labute approximate surface area is 169 Å². The van der Waals surface area contributed by atoms with Gasteiger partial charge in [0.1, 0.15) is 5.82 Å². The summed E-state index contributed by atoms with van der Waals surface area (Å²) < 4.78 is 21.9. The number of hydrogen-bond donors (Lipinski definition) is 0. The van der Waals surface area contributed by atoms with Crippen LogP contribution in [0.5, 0.6) is 0 Å². The molecule has 1 aromatic carbocycles. The molecular formula is C22H25FN4O2. The average Bonchev–Trinajstić information content (AvgIpc) is 3.02. The third kappa shape index (κ3) is 3.80. The molecule has 4 rings (SSSR count). The maximum atomic E-state index is 14.8. The molecule has 0 unspecified atom stereocenters. The minimum Gasteiger partial charge on any atom is -0.383 e. The smallest absolute Gasteiger partial charge is 0.194 e. The number of benzene rings is 1. The van der Waals surface area contributed by atoms with Crippen LogP contribution in [0.3, 0.4) is 0 Å². The minimum atomic E-state index is -1.78. The number of pyridine rings is 1. The molecule has 0 spiro atoms. The highest BCUT2D eigenvalue weighted by Gasteiger charge is 2.49. The Morgan fingerprint density at radius 1 is 1.21 bits per heavy atom. The van der Waals surface area contributed by atoms with Gasteiger partial charge in [0, 0.05) is 56.6 Å². The normalized spacial score (nSPS) is 16.1. The lowest BCUT2D eigenvalue weighted by Gasteiger charge is -2.43. The number of halogens is 1. The van der Waals surface area contributed by atoms with Crippen molar-refractivity contribution in [1.29, 1.82) is 0 Å². The van der Waals surface area contributed by atoms with E-state index in [2.05, 4.69) is 16.0 Å². The van der Waals surface area contributed by atoms with Gasteiger partial charge in [-0.2, -0.15) is 0 Å². The van der Waals surface area contributed by atoms with Gasteiger partial charge in [0.05, 0.1) is 24.9 Å². The number of carbonyl (C=O) groups excluding carboxylic acids is 1. The Morgan fingerprint density at radius 2 is 2.00 bits per heavy atom. The zero-order valence-electron chi connectivity index (χ0n) is 17.0. The van der Waals surface area contributed by atoms with Crippen LogP contribution in [-0.2, 0) is 23.0 Å². The Morgan fingerprint density at radius 3 is 2.69 bits per heavy atom. The summed E-state index contributed by atoms with van der Waals surface area (Å²) in [6, 6.07) is 7.97. The first-order valence-electron chi connectivity index (χ1n) is 9.70. The number of imidazole rings is 1. The number of carbonyl (C=O) groups is 1. The Bertz CT molecular complexity index is 1060. The maximum absolute atomic E-state index is 14.8. The van der Waals surface area contributed by atoms with E-state index in [-0.39, 0.29) is 19.5 Å². The van der Waals surface area contributed by atoms with E-state index in [1.165, 1.54) is 0 Å². The number of aryl methyl sites for hydroxylation is 1. The van der Waals surface area contributed by atoms with Gasteiger partial charge in [0.15, 0.2) is 11.5 Å². The molecule has 0 aliphatic carbocycles. The fraction of sp³-hybridized carbons (Fsp3) is 0.409. The van der Waals surface area contributed by atoms with Crippen molar-refractivity contribution < 1.29 is 13.9 Å². The molecule has 0 bridgehead atoms. The quantitative estimate of drug-likeness (QED) is 0.615. The largest absolute Gasteiger partial charge is 0.383 e. The van der Waals surface area contributed by atoms with Crippen LogP contribution in [-0.4, -0.2) is 64.2 Å². The number of Topliss-reactive ketones (excluding diaryl/α,β-unsaturated/α-hetero) is 1. The van der Waals surface area contributed by atoms with Crippen molar-refractivity contribution in [3.63, 3.8) is 0 Å². The molecule has 0 atom stereocenters. The summed E-state index contributed by atoms with van der Waals surface area (Å²) in [5.41, 5.74) is 0.873. The third-order valence-electron chi connectivity index (χ3n) is 5.70. The molecular weight excluding hydrogens is 371 g/mol. The van der Waals surface area contributed by atoms with Crippen LogP contribution in [0.25, 0.3) is 22.0 Å². The van der Waals surface area contributed by atoms with E-state index in [0.717, 1.165) is 27.9 Å². The summed E-state index contributed by atoms with van der Waals surface area (Å²) >= 11 is 0. The van der Waals surface area contributed by atoms with Crippen LogP contribution < -0.4 is 0 Å². The van der Waals surface area contributed by atoms with Gasteiger partial charge in [-0.1, -0.05) is 12.1 Å². The first-order valence-corrected chi connectivity index (χ1v) is 9.70. The second kappa shape index (κ2) is 7.65. The fourth-order valence-electron chi connectivity index (χ4n) is 3.75. The number of likely N-dealkylation sites (tertiary alicyclic amines) is 1. The maximum Gasteiger partial charge on any atom is 0.194 e. The van der Waals surface area contributed by atoms with Gasteiger partial charge in [-0.15, -0.1) is 0 Å². The Hall–Kier alpha value is -2.64. The number of ether oxygens (including phenoxy) is 1. The lowest BCUT2D eigenvalue weighted by atomic mass is 9.88. The van der Waals surface area contributed by atoms with Crippen molar-refractivity contribution in [2.24, 2.45) is 7.05 Å². The number of methoxy groups -OCH3 is 1.